The van der Waals surface area contributed by atoms with Crippen LogP contribution in [0.5, 0.6) is 11.6 Å². The largest absolute Gasteiger partial charge is 0.439 e. The summed E-state index contributed by atoms with van der Waals surface area (Å²) in [6.07, 6.45) is 5.30. The molecule has 3 rings (SSSR count). The lowest BCUT2D eigenvalue weighted by Gasteiger charge is -2.19. The number of carbonyl (C=O) groups is 2. The van der Waals surface area contributed by atoms with Gasteiger partial charge >= 0.3 is 12.1 Å². The molecule has 0 unspecified atom stereocenters. The molecule has 3 N–H and O–H groups in total. The van der Waals surface area contributed by atoms with Gasteiger partial charge < -0.3 is 15.2 Å². The molecule has 1 heterocycles. The molecule has 4 amide bonds. The topological polar surface area (TPSA) is 116 Å². The number of aliphatic hydroxyl groups excluding tert-OH is 1. The fourth-order valence-corrected chi connectivity index (χ4v) is 2.91. The summed E-state index contributed by atoms with van der Waals surface area (Å²) < 4.78 is 5.63. The summed E-state index contributed by atoms with van der Waals surface area (Å²) in [5.74, 6) is 1.12. The van der Waals surface area contributed by atoms with Gasteiger partial charge in [0.1, 0.15) is 5.75 Å². The van der Waals surface area contributed by atoms with Crippen molar-refractivity contribution in [2.45, 2.75) is 40.7 Å². The number of imide groups is 1. The number of hydrogen-bond acceptors (Lipinski definition) is 6. The number of nitrogens with one attached hydrogen (secondary N) is 2. The summed E-state index contributed by atoms with van der Waals surface area (Å²) in [6.45, 7) is 11.7. The van der Waals surface area contributed by atoms with Gasteiger partial charge in [-0.15, -0.1) is 6.58 Å². The molecule has 0 saturated heterocycles. The Morgan fingerprint density at radius 2 is 1.64 bits per heavy atom. The molecule has 0 saturated carbocycles. The van der Waals surface area contributed by atoms with Gasteiger partial charge in [-0.25, -0.2) is 24.5 Å². The van der Waals surface area contributed by atoms with E-state index in [9.17, 15) is 9.59 Å². The zero-order valence-corrected chi connectivity index (χ0v) is 23.1. The Kier molecular flexibility index (Phi) is 16.3. The van der Waals surface area contributed by atoms with E-state index in [4.69, 9.17) is 9.84 Å². The standard InChI is InChI=1S/C25H27N5O3.C3H6O.C2H6/c1-3-19-8-10-20(11-9-19)17-27-24(31)30(4-2)25(32)29-18-28-21-12-14-22(15-13-21)33-23-7-5-6-16-26-23;1-2-3-4;1-2/h5-16,18H,3-4,17H2,1-2H3,(H,27,31)(H,28,29,32);2,4H,1,3H2;1-2H3. The monoisotopic (exact) mass is 533 g/mol. The lowest BCUT2D eigenvalue weighted by Crippen LogP contribution is -2.47. The van der Waals surface area contributed by atoms with Gasteiger partial charge in [0.25, 0.3) is 0 Å². The Bertz CT molecular complexity index is 1130. The summed E-state index contributed by atoms with van der Waals surface area (Å²) in [5.41, 5.74) is 2.81. The van der Waals surface area contributed by atoms with Crippen molar-refractivity contribution in [2.75, 3.05) is 13.2 Å². The van der Waals surface area contributed by atoms with Crippen LogP contribution in [0.15, 0.2) is 90.6 Å². The third-order valence-electron chi connectivity index (χ3n) is 4.91. The number of rotatable bonds is 9. The molecule has 3 aromatic rings. The number of aromatic nitrogens is 1. The summed E-state index contributed by atoms with van der Waals surface area (Å²) in [5, 5.41) is 13.0. The van der Waals surface area contributed by atoms with Gasteiger partial charge in [-0.3, -0.25) is 5.32 Å². The van der Waals surface area contributed by atoms with Gasteiger partial charge in [-0.2, -0.15) is 0 Å². The average Bonchev–Trinajstić information content (AvgIpc) is 2.99. The molecule has 2 aromatic carbocycles. The van der Waals surface area contributed by atoms with Crippen molar-refractivity contribution in [1.82, 2.24) is 20.5 Å². The van der Waals surface area contributed by atoms with Crippen molar-refractivity contribution in [2.24, 2.45) is 4.99 Å². The van der Waals surface area contributed by atoms with E-state index in [2.05, 4.69) is 34.1 Å². The molecular weight excluding hydrogens is 494 g/mol. The van der Waals surface area contributed by atoms with Crippen LogP contribution in [0.25, 0.3) is 0 Å². The van der Waals surface area contributed by atoms with Crippen molar-refractivity contribution in [1.29, 1.82) is 0 Å². The van der Waals surface area contributed by atoms with Gasteiger partial charge in [-0.1, -0.05) is 57.2 Å². The molecule has 39 heavy (non-hydrogen) atoms. The molecule has 0 aliphatic heterocycles. The summed E-state index contributed by atoms with van der Waals surface area (Å²) in [6, 6.07) is 19.4. The Morgan fingerprint density at radius 3 is 2.18 bits per heavy atom. The van der Waals surface area contributed by atoms with Gasteiger partial charge in [0, 0.05) is 25.4 Å². The lowest BCUT2D eigenvalue weighted by molar-refractivity contribution is 0.190. The van der Waals surface area contributed by atoms with Crippen LogP contribution in [-0.4, -0.2) is 46.5 Å². The number of amides is 4. The van der Waals surface area contributed by atoms with Gasteiger partial charge in [-0.05, 0) is 54.8 Å². The highest BCUT2D eigenvalue weighted by Crippen LogP contribution is 2.22. The van der Waals surface area contributed by atoms with Crippen LogP contribution in [0.1, 0.15) is 38.8 Å². The second-order valence-corrected chi connectivity index (χ2v) is 7.52. The summed E-state index contributed by atoms with van der Waals surface area (Å²) in [7, 11) is 0. The number of hydrogen-bond donors (Lipinski definition) is 3. The van der Waals surface area contributed by atoms with Crippen LogP contribution < -0.4 is 15.4 Å². The maximum atomic E-state index is 12.4. The smallest absolute Gasteiger partial charge is 0.330 e. The van der Waals surface area contributed by atoms with Crippen LogP contribution in [0.3, 0.4) is 0 Å². The molecule has 0 bridgehead atoms. The number of aryl methyl sites for hydroxylation is 1. The molecule has 0 aliphatic carbocycles. The van der Waals surface area contributed by atoms with E-state index in [0.717, 1.165) is 16.9 Å². The van der Waals surface area contributed by atoms with Gasteiger partial charge in [0.05, 0.1) is 18.6 Å². The highest BCUT2D eigenvalue weighted by atomic mass is 16.5. The molecule has 9 heteroatoms. The number of ether oxygens (including phenoxy) is 1. The van der Waals surface area contributed by atoms with Gasteiger partial charge in [0.2, 0.25) is 5.88 Å². The van der Waals surface area contributed by atoms with Gasteiger partial charge in [0.15, 0.2) is 0 Å². The molecule has 0 spiro atoms. The minimum Gasteiger partial charge on any atom is -0.439 e. The average molecular weight is 534 g/mol. The van der Waals surface area contributed by atoms with Crippen molar-refractivity contribution in [3.05, 3.63) is 96.7 Å². The second kappa shape index (κ2) is 19.6. The minimum atomic E-state index is -0.560. The van der Waals surface area contributed by atoms with E-state index >= 15 is 0 Å². The van der Waals surface area contributed by atoms with E-state index in [1.807, 2.05) is 50.2 Å². The molecule has 9 nitrogen and oxygen atoms in total. The molecule has 0 fully saturated rings. The van der Waals surface area contributed by atoms with Crippen LogP contribution in [0.2, 0.25) is 0 Å². The summed E-state index contributed by atoms with van der Waals surface area (Å²) >= 11 is 0. The molecular formula is C30H39N5O4. The Morgan fingerprint density at radius 1 is 1.00 bits per heavy atom. The SMILES string of the molecule is C=CCO.CC.CCc1ccc(CNC(=O)N(CC)C(=O)NC=Nc2ccc(Oc3ccccn3)cc2)cc1. The van der Waals surface area contributed by atoms with Crippen LogP contribution >= 0.6 is 0 Å². The highest BCUT2D eigenvalue weighted by molar-refractivity contribution is 5.98. The first kappa shape index (κ1) is 32.5. The normalized spacial score (nSPS) is 9.77. The lowest BCUT2D eigenvalue weighted by atomic mass is 10.1. The number of aliphatic imine (C=N–C) groups is 1. The quantitative estimate of drug-likeness (QED) is 0.171. The van der Waals surface area contributed by atoms with E-state index in [1.165, 1.54) is 18.0 Å². The minimum absolute atomic E-state index is 0.0833. The molecule has 0 radical (unpaired) electrons. The zero-order valence-electron chi connectivity index (χ0n) is 23.1. The predicted molar refractivity (Wildman–Crippen MR) is 157 cm³/mol. The van der Waals surface area contributed by atoms with Crippen molar-refractivity contribution < 1.29 is 19.4 Å². The molecule has 0 atom stereocenters. The molecule has 1 aromatic heterocycles. The fourth-order valence-electron chi connectivity index (χ4n) is 2.91. The van der Waals surface area contributed by atoms with E-state index < -0.39 is 12.1 Å². The third-order valence-corrected chi connectivity index (χ3v) is 4.91. The van der Waals surface area contributed by atoms with Crippen LogP contribution in [-0.2, 0) is 13.0 Å². The Labute approximate surface area is 231 Å². The summed E-state index contributed by atoms with van der Waals surface area (Å²) in [4.78, 5) is 34.2. The first-order chi connectivity index (χ1) is 19.0. The fraction of sp³-hybridized carbons (Fsp3) is 0.267. The molecule has 208 valence electrons. The number of urea groups is 2. The zero-order chi connectivity index (χ0) is 28.9. The number of nitrogens with zero attached hydrogens (tertiary/aromatic N) is 3. The van der Waals surface area contributed by atoms with E-state index in [1.54, 1.807) is 43.5 Å². The highest BCUT2D eigenvalue weighted by Gasteiger charge is 2.18. The van der Waals surface area contributed by atoms with Crippen molar-refractivity contribution in [3.63, 3.8) is 0 Å². The Hall–Kier alpha value is -4.50. The number of aliphatic hydroxyl groups is 1. The van der Waals surface area contributed by atoms with Crippen LogP contribution in [0, 0.1) is 0 Å². The molecule has 0 aliphatic rings. The third kappa shape index (κ3) is 12.5. The predicted octanol–water partition coefficient (Wildman–Crippen LogP) is 6.23. The van der Waals surface area contributed by atoms with Crippen molar-refractivity contribution >= 4 is 24.1 Å². The van der Waals surface area contributed by atoms with E-state index in [0.29, 0.717) is 23.9 Å². The Balaban J connectivity index is 0.00000116. The maximum absolute atomic E-state index is 12.4. The number of benzene rings is 2. The van der Waals surface area contributed by atoms with E-state index in [-0.39, 0.29) is 13.2 Å². The number of pyridine rings is 1. The first-order valence-corrected chi connectivity index (χ1v) is 12.9. The van der Waals surface area contributed by atoms with Crippen molar-refractivity contribution in [3.8, 4) is 11.6 Å². The maximum Gasteiger partial charge on any atom is 0.330 e. The first-order valence-electron chi connectivity index (χ1n) is 12.9. The number of carbonyl (C=O) groups excluding carboxylic acids is 2. The van der Waals surface area contributed by atoms with Crippen LogP contribution in [0.4, 0.5) is 15.3 Å². The second-order valence-electron chi connectivity index (χ2n) is 7.52.